The highest BCUT2D eigenvalue weighted by Gasteiger charge is 2.18. The van der Waals surface area contributed by atoms with Crippen molar-refractivity contribution in [1.29, 1.82) is 0 Å². The van der Waals surface area contributed by atoms with E-state index in [2.05, 4.69) is 5.32 Å². The maximum absolute atomic E-state index is 12.0. The van der Waals surface area contributed by atoms with Gasteiger partial charge in [-0.2, -0.15) is 0 Å². The molecule has 0 spiro atoms. The summed E-state index contributed by atoms with van der Waals surface area (Å²) in [6, 6.07) is 7.66. The highest BCUT2D eigenvalue weighted by molar-refractivity contribution is 5.96. The largest absolute Gasteiger partial charge is 0.451 e. The van der Waals surface area contributed by atoms with Gasteiger partial charge < -0.3 is 14.5 Å². The maximum Gasteiger partial charge on any atom is 0.287 e. The summed E-state index contributed by atoms with van der Waals surface area (Å²) in [4.78, 5) is 12.0. The fourth-order valence-electron chi connectivity index (χ4n) is 2.42. The van der Waals surface area contributed by atoms with Crippen molar-refractivity contribution in [3.8, 4) is 0 Å². The van der Waals surface area contributed by atoms with E-state index in [9.17, 15) is 4.79 Å². The van der Waals surface area contributed by atoms with Gasteiger partial charge in [0.05, 0.1) is 6.10 Å². The molecule has 1 atom stereocenters. The smallest absolute Gasteiger partial charge is 0.287 e. The average Bonchev–Trinajstić information content (AvgIpc) is 3.05. The van der Waals surface area contributed by atoms with E-state index in [1.165, 1.54) is 0 Å². The summed E-state index contributed by atoms with van der Waals surface area (Å²) in [6.45, 7) is 3.32. The van der Waals surface area contributed by atoms with Gasteiger partial charge in [0, 0.05) is 18.5 Å². The Labute approximate surface area is 111 Å². The van der Waals surface area contributed by atoms with Crippen LogP contribution in [0.5, 0.6) is 0 Å². The Morgan fingerprint density at radius 2 is 2.37 bits per heavy atom. The van der Waals surface area contributed by atoms with Crippen LogP contribution >= 0.6 is 0 Å². The van der Waals surface area contributed by atoms with Gasteiger partial charge in [0.15, 0.2) is 5.76 Å². The van der Waals surface area contributed by atoms with E-state index in [-0.39, 0.29) is 12.0 Å². The van der Waals surface area contributed by atoms with Crippen molar-refractivity contribution >= 4 is 16.9 Å². The Kier molecular flexibility index (Phi) is 3.25. The number of ether oxygens (including phenoxy) is 1. The number of benzene rings is 1. The topological polar surface area (TPSA) is 51.5 Å². The molecule has 2 aromatic rings. The molecule has 1 aliphatic heterocycles. The van der Waals surface area contributed by atoms with Crippen LogP contribution in [0.2, 0.25) is 0 Å². The number of carbonyl (C=O) groups excluding carboxylic acids is 1. The Morgan fingerprint density at radius 3 is 3.11 bits per heavy atom. The third-order valence-electron chi connectivity index (χ3n) is 3.48. The van der Waals surface area contributed by atoms with E-state index >= 15 is 0 Å². The third-order valence-corrected chi connectivity index (χ3v) is 3.48. The summed E-state index contributed by atoms with van der Waals surface area (Å²) >= 11 is 0. The lowest BCUT2D eigenvalue weighted by Gasteiger charge is -2.09. The molecule has 1 aromatic carbocycles. The summed E-state index contributed by atoms with van der Waals surface area (Å²) in [5, 5.41) is 3.82. The van der Waals surface area contributed by atoms with E-state index in [0.29, 0.717) is 12.3 Å². The molecule has 1 unspecified atom stereocenters. The van der Waals surface area contributed by atoms with Gasteiger partial charge in [-0.05, 0) is 31.4 Å². The molecule has 2 heterocycles. The number of hydrogen-bond donors (Lipinski definition) is 1. The SMILES string of the molecule is Cc1cccc2cc(C(=O)NCC3CCCO3)oc12. The lowest BCUT2D eigenvalue weighted by atomic mass is 10.2. The quantitative estimate of drug-likeness (QED) is 0.922. The number of amides is 1. The van der Waals surface area contributed by atoms with Gasteiger partial charge in [-0.25, -0.2) is 0 Å². The summed E-state index contributed by atoms with van der Waals surface area (Å²) in [7, 11) is 0. The third kappa shape index (κ3) is 2.49. The van der Waals surface area contributed by atoms with Gasteiger partial charge in [0.2, 0.25) is 0 Å². The van der Waals surface area contributed by atoms with Crippen molar-refractivity contribution in [2.75, 3.05) is 13.2 Å². The molecular weight excluding hydrogens is 242 g/mol. The second-order valence-electron chi connectivity index (χ2n) is 4.95. The molecule has 0 saturated carbocycles. The molecule has 0 radical (unpaired) electrons. The summed E-state index contributed by atoms with van der Waals surface area (Å²) in [5.74, 6) is 0.188. The number of aryl methyl sites for hydroxylation is 1. The van der Waals surface area contributed by atoms with Crippen molar-refractivity contribution < 1.29 is 13.9 Å². The highest BCUT2D eigenvalue weighted by atomic mass is 16.5. The first-order chi connectivity index (χ1) is 9.24. The first-order valence-corrected chi connectivity index (χ1v) is 6.63. The lowest BCUT2D eigenvalue weighted by Crippen LogP contribution is -2.31. The van der Waals surface area contributed by atoms with Gasteiger partial charge in [0.25, 0.3) is 5.91 Å². The second-order valence-corrected chi connectivity index (χ2v) is 4.95. The van der Waals surface area contributed by atoms with E-state index in [1.807, 2.05) is 25.1 Å². The highest BCUT2D eigenvalue weighted by Crippen LogP contribution is 2.22. The van der Waals surface area contributed by atoms with Crippen LogP contribution < -0.4 is 5.32 Å². The zero-order chi connectivity index (χ0) is 13.2. The Hall–Kier alpha value is -1.81. The number of fused-ring (bicyclic) bond motifs is 1. The van der Waals surface area contributed by atoms with Gasteiger partial charge in [-0.1, -0.05) is 18.2 Å². The molecule has 19 heavy (non-hydrogen) atoms. The molecule has 0 bridgehead atoms. The number of para-hydroxylation sites is 1. The lowest BCUT2D eigenvalue weighted by molar-refractivity contribution is 0.0837. The summed E-state index contributed by atoms with van der Waals surface area (Å²) in [5.41, 5.74) is 1.82. The van der Waals surface area contributed by atoms with E-state index in [0.717, 1.165) is 36.0 Å². The number of nitrogens with one attached hydrogen (secondary N) is 1. The van der Waals surface area contributed by atoms with Gasteiger partial charge in [-0.15, -0.1) is 0 Å². The van der Waals surface area contributed by atoms with Gasteiger partial charge in [-0.3, -0.25) is 4.79 Å². The molecule has 1 aliphatic rings. The van der Waals surface area contributed by atoms with Gasteiger partial charge in [0.1, 0.15) is 5.58 Å². The van der Waals surface area contributed by atoms with E-state index in [4.69, 9.17) is 9.15 Å². The standard InChI is InChI=1S/C15H17NO3/c1-10-4-2-5-11-8-13(19-14(10)11)15(17)16-9-12-6-3-7-18-12/h2,4-5,8,12H,3,6-7,9H2,1H3,(H,16,17). The Bertz CT molecular complexity index is 596. The molecule has 1 amide bonds. The minimum atomic E-state index is -0.175. The van der Waals surface area contributed by atoms with Crippen molar-refractivity contribution in [3.63, 3.8) is 0 Å². The van der Waals surface area contributed by atoms with E-state index < -0.39 is 0 Å². The average molecular weight is 259 g/mol. The van der Waals surface area contributed by atoms with Crippen LogP contribution in [0.25, 0.3) is 11.0 Å². The normalized spacial score (nSPS) is 18.9. The van der Waals surface area contributed by atoms with Crippen molar-refractivity contribution in [3.05, 3.63) is 35.6 Å². The predicted molar refractivity (Wildman–Crippen MR) is 72.3 cm³/mol. The van der Waals surface area contributed by atoms with Crippen LogP contribution in [-0.2, 0) is 4.74 Å². The molecule has 1 fully saturated rings. The summed E-state index contributed by atoms with van der Waals surface area (Å²) < 4.78 is 11.1. The molecule has 3 rings (SSSR count). The number of carbonyl (C=O) groups is 1. The Balaban J connectivity index is 1.72. The minimum absolute atomic E-state index is 0.148. The fourth-order valence-corrected chi connectivity index (χ4v) is 2.42. The van der Waals surface area contributed by atoms with Crippen LogP contribution in [0.1, 0.15) is 29.0 Å². The maximum atomic E-state index is 12.0. The molecule has 0 aliphatic carbocycles. The molecular formula is C15H17NO3. The molecule has 1 N–H and O–H groups in total. The molecule has 4 heteroatoms. The number of furan rings is 1. The van der Waals surface area contributed by atoms with Crippen LogP contribution in [0, 0.1) is 6.92 Å². The predicted octanol–water partition coefficient (Wildman–Crippen LogP) is 2.65. The van der Waals surface area contributed by atoms with E-state index in [1.54, 1.807) is 6.07 Å². The first kappa shape index (κ1) is 12.2. The zero-order valence-corrected chi connectivity index (χ0v) is 10.9. The summed E-state index contributed by atoms with van der Waals surface area (Å²) in [6.07, 6.45) is 2.24. The van der Waals surface area contributed by atoms with Crippen LogP contribution in [0.4, 0.5) is 0 Å². The molecule has 1 saturated heterocycles. The van der Waals surface area contributed by atoms with Crippen molar-refractivity contribution in [1.82, 2.24) is 5.32 Å². The minimum Gasteiger partial charge on any atom is -0.451 e. The van der Waals surface area contributed by atoms with Crippen molar-refractivity contribution in [2.24, 2.45) is 0 Å². The number of hydrogen-bond acceptors (Lipinski definition) is 3. The van der Waals surface area contributed by atoms with Crippen molar-refractivity contribution in [2.45, 2.75) is 25.9 Å². The second kappa shape index (κ2) is 5.05. The van der Waals surface area contributed by atoms with Gasteiger partial charge >= 0.3 is 0 Å². The monoisotopic (exact) mass is 259 g/mol. The molecule has 100 valence electrons. The number of rotatable bonds is 3. The molecule has 4 nitrogen and oxygen atoms in total. The van der Waals surface area contributed by atoms with Crippen LogP contribution in [-0.4, -0.2) is 25.2 Å². The van der Waals surface area contributed by atoms with Crippen LogP contribution in [0.15, 0.2) is 28.7 Å². The van der Waals surface area contributed by atoms with Crippen LogP contribution in [0.3, 0.4) is 0 Å². The first-order valence-electron chi connectivity index (χ1n) is 6.63. The fraction of sp³-hybridized carbons (Fsp3) is 0.400. The Morgan fingerprint density at radius 1 is 1.47 bits per heavy atom. The zero-order valence-electron chi connectivity index (χ0n) is 10.9. The molecule has 1 aromatic heterocycles.